The lowest BCUT2D eigenvalue weighted by Crippen LogP contribution is -2.47. The van der Waals surface area contributed by atoms with E-state index in [1.807, 2.05) is 18.2 Å². The largest absolute Gasteiger partial charge is 0.326 e. The first-order chi connectivity index (χ1) is 12.7. The van der Waals surface area contributed by atoms with Crippen molar-refractivity contribution in [3.05, 3.63) is 70.8 Å². The Kier molecular flexibility index (Phi) is 4.71. The Morgan fingerprint density at radius 2 is 1.56 bits per heavy atom. The molecule has 2 aromatic carbocycles. The van der Waals surface area contributed by atoms with Crippen LogP contribution in [0.5, 0.6) is 0 Å². The van der Waals surface area contributed by atoms with Crippen LogP contribution in [0.1, 0.15) is 37.5 Å². The predicted molar refractivity (Wildman–Crippen MR) is 96.6 cm³/mol. The molecule has 1 atom stereocenters. The van der Waals surface area contributed by atoms with Crippen LogP contribution in [0, 0.1) is 23.5 Å². The minimum absolute atomic E-state index is 0.166. The van der Waals surface area contributed by atoms with Crippen molar-refractivity contribution in [1.29, 1.82) is 0 Å². The maximum Gasteiger partial charge on any atom is 0.325 e. The first kappa shape index (κ1) is 18.6. The molecule has 1 aliphatic heterocycles. The molecule has 1 heterocycles. The van der Waals surface area contributed by atoms with Gasteiger partial charge in [-0.3, -0.25) is 9.69 Å². The zero-order valence-corrected chi connectivity index (χ0v) is 15.1. The Balaban J connectivity index is 1.99. The fourth-order valence-electron chi connectivity index (χ4n) is 3.14. The minimum Gasteiger partial charge on any atom is -0.326 e. The van der Waals surface area contributed by atoms with Crippen molar-refractivity contribution in [2.75, 3.05) is 0 Å². The first-order valence-electron chi connectivity index (χ1n) is 8.43. The van der Waals surface area contributed by atoms with Gasteiger partial charge in [0.15, 0.2) is 0 Å². The lowest BCUT2D eigenvalue weighted by molar-refractivity contribution is -0.131. The van der Waals surface area contributed by atoms with Crippen molar-refractivity contribution in [3.63, 3.8) is 0 Å². The lowest BCUT2D eigenvalue weighted by atomic mass is 9.90. The van der Waals surface area contributed by atoms with Crippen molar-refractivity contribution in [3.8, 4) is 11.8 Å². The normalized spacial score (nSPS) is 16.8. The van der Waals surface area contributed by atoms with Crippen LogP contribution in [0.15, 0.2) is 42.5 Å². The van der Waals surface area contributed by atoms with Crippen LogP contribution in [0.3, 0.4) is 0 Å². The number of urea groups is 1. The van der Waals surface area contributed by atoms with Gasteiger partial charge in [0.2, 0.25) is 0 Å². The van der Waals surface area contributed by atoms with Crippen molar-refractivity contribution in [1.82, 2.24) is 10.2 Å². The van der Waals surface area contributed by atoms with Gasteiger partial charge >= 0.3 is 6.03 Å². The number of amides is 3. The molecule has 0 spiro atoms. The predicted octanol–water partition coefficient (Wildman–Crippen LogP) is 3.54. The summed E-state index contributed by atoms with van der Waals surface area (Å²) >= 11 is 0. The van der Waals surface area contributed by atoms with Gasteiger partial charge in [-0.2, -0.15) is 0 Å². The fourth-order valence-corrected chi connectivity index (χ4v) is 3.14. The van der Waals surface area contributed by atoms with E-state index in [4.69, 9.17) is 0 Å². The number of carbonyl (C=O) groups excluding carboxylic acids is 2. The van der Waals surface area contributed by atoms with E-state index in [1.54, 1.807) is 12.1 Å². The monoisotopic (exact) mass is 368 g/mol. The summed E-state index contributed by atoms with van der Waals surface area (Å²) in [5.41, 5.74) is -0.966. The second-order valence-corrected chi connectivity index (χ2v) is 6.83. The highest BCUT2D eigenvalue weighted by molar-refractivity contribution is 6.04. The maximum atomic E-state index is 14.8. The van der Waals surface area contributed by atoms with Crippen molar-refractivity contribution in [2.24, 2.45) is 0 Å². The van der Waals surface area contributed by atoms with Gasteiger partial charge in [0.25, 0.3) is 5.91 Å². The molecule has 1 unspecified atom stereocenters. The zero-order valence-electron chi connectivity index (χ0n) is 15.1. The Morgan fingerprint density at radius 1 is 1.00 bits per heavy atom. The van der Waals surface area contributed by atoms with E-state index < -0.39 is 35.2 Å². The van der Waals surface area contributed by atoms with Crippen molar-refractivity contribution < 1.29 is 18.4 Å². The topological polar surface area (TPSA) is 49.4 Å². The van der Waals surface area contributed by atoms with Crippen LogP contribution in [-0.4, -0.2) is 22.9 Å². The van der Waals surface area contributed by atoms with Crippen LogP contribution >= 0.6 is 0 Å². The molecule has 0 radical (unpaired) electrons. The van der Waals surface area contributed by atoms with Gasteiger partial charge in [0.1, 0.15) is 17.7 Å². The molecule has 1 aliphatic rings. The molecular weight excluding hydrogens is 350 g/mol. The molecule has 2 aromatic rings. The molecule has 3 rings (SSSR count). The van der Waals surface area contributed by atoms with E-state index in [0.717, 1.165) is 22.6 Å². The number of hydrogen-bond acceptors (Lipinski definition) is 2. The summed E-state index contributed by atoms with van der Waals surface area (Å²) in [5.74, 6) is 3.30. The third-order valence-electron chi connectivity index (χ3n) is 4.47. The van der Waals surface area contributed by atoms with Gasteiger partial charge in [-0.1, -0.05) is 30.0 Å². The van der Waals surface area contributed by atoms with Crippen LogP contribution in [0.2, 0.25) is 0 Å². The molecule has 1 fully saturated rings. The molecule has 1 saturated heterocycles. The minimum atomic E-state index is -1.49. The summed E-state index contributed by atoms with van der Waals surface area (Å²) in [5, 5.41) is 2.45. The molecule has 138 valence electrons. The molecule has 27 heavy (non-hydrogen) atoms. The standard InChI is InChI=1S/C21H18F2N2O2/c1-13-19(26)25(20(27)24-13)21(2,3)18-16(22)11-15(12-17(18)23)10-9-14-7-5-4-6-8-14/h4-8,11-13H,1-3H3,(H,24,27). The SMILES string of the molecule is CC1NC(=O)N(C(C)(C)c2c(F)cc(C#Cc3ccccc3)cc2F)C1=O. The molecule has 0 aromatic heterocycles. The zero-order chi connectivity index (χ0) is 19.8. The van der Waals surface area contributed by atoms with Gasteiger partial charge in [-0.25, -0.2) is 13.6 Å². The Hall–Kier alpha value is -3.20. The van der Waals surface area contributed by atoms with E-state index >= 15 is 0 Å². The number of hydrogen-bond donors (Lipinski definition) is 1. The van der Waals surface area contributed by atoms with Crippen LogP contribution in [0.4, 0.5) is 13.6 Å². The van der Waals surface area contributed by atoms with Gasteiger partial charge in [0, 0.05) is 16.7 Å². The molecule has 1 N–H and O–H groups in total. The number of rotatable bonds is 2. The van der Waals surface area contributed by atoms with Crippen LogP contribution < -0.4 is 5.32 Å². The average molecular weight is 368 g/mol. The number of nitrogens with one attached hydrogen (secondary N) is 1. The molecular formula is C21H18F2N2O2. The number of imide groups is 1. The van der Waals surface area contributed by atoms with Crippen LogP contribution in [-0.2, 0) is 10.3 Å². The smallest absolute Gasteiger partial charge is 0.325 e. The highest BCUT2D eigenvalue weighted by Crippen LogP contribution is 2.34. The van der Waals surface area contributed by atoms with E-state index in [-0.39, 0.29) is 11.1 Å². The Labute approximate surface area is 156 Å². The number of benzene rings is 2. The molecule has 4 nitrogen and oxygen atoms in total. The summed E-state index contributed by atoms with van der Waals surface area (Å²) in [6, 6.07) is 9.86. The van der Waals surface area contributed by atoms with Crippen molar-refractivity contribution in [2.45, 2.75) is 32.4 Å². The summed E-state index contributed by atoms with van der Waals surface area (Å²) in [6.45, 7) is 4.38. The van der Waals surface area contributed by atoms with E-state index in [1.165, 1.54) is 20.8 Å². The molecule has 3 amide bonds. The van der Waals surface area contributed by atoms with E-state index in [2.05, 4.69) is 17.2 Å². The molecule has 0 saturated carbocycles. The molecule has 0 aliphatic carbocycles. The van der Waals surface area contributed by atoms with Crippen molar-refractivity contribution >= 4 is 11.9 Å². The van der Waals surface area contributed by atoms with E-state index in [9.17, 15) is 18.4 Å². The summed E-state index contributed by atoms with van der Waals surface area (Å²) in [7, 11) is 0. The number of carbonyl (C=O) groups is 2. The summed E-state index contributed by atoms with van der Waals surface area (Å²) < 4.78 is 29.5. The number of halogens is 2. The van der Waals surface area contributed by atoms with Gasteiger partial charge in [-0.15, -0.1) is 0 Å². The number of nitrogens with zero attached hydrogens (tertiary/aromatic N) is 1. The third kappa shape index (κ3) is 3.41. The average Bonchev–Trinajstić information content (AvgIpc) is 2.85. The highest BCUT2D eigenvalue weighted by atomic mass is 19.1. The van der Waals surface area contributed by atoms with E-state index in [0.29, 0.717) is 0 Å². The molecule has 0 bridgehead atoms. The second kappa shape index (κ2) is 6.84. The maximum absolute atomic E-state index is 14.8. The first-order valence-corrected chi connectivity index (χ1v) is 8.43. The Morgan fingerprint density at radius 3 is 2.07 bits per heavy atom. The highest BCUT2D eigenvalue weighted by Gasteiger charge is 2.47. The Bertz CT molecular complexity index is 952. The summed E-state index contributed by atoms with van der Waals surface area (Å²) in [4.78, 5) is 25.2. The van der Waals surface area contributed by atoms with Gasteiger partial charge in [0.05, 0.1) is 5.54 Å². The summed E-state index contributed by atoms with van der Waals surface area (Å²) in [6.07, 6.45) is 0. The quantitative estimate of drug-likeness (QED) is 0.651. The second-order valence-electron chi connectivity index (χ2n) is 6.83. The lowest BCUT2D eigenvalue weighted by Gasteiger charge is -2.34. The third-order valence-corrected chi connectivity index (χ3v) is 4.47. The van der Waals surface area contributed by atoms with Crippen LogP contribution in [0.25, 0.3) is 0 Å². The molecule has 6 heteroatoms. The van der Waals surface area contributed by atoms with Gasteiger partial charge < -0.3 is 5.32 Å². The van der Waals surface area contributed by atoms with Gasteiger partial charge in [-0.05, 0) is 45.0 Å². The fraction of sp³-hybridized carbons (Fsp3) is 0.238.